The van der Waals surface area contributed by atoms with Gasteiger partial charge < -0.3 is 35.1 Å². The number of hydrogen-bond acceptors (Lipinski definition) is 14. The molecular formula is C49H56N10O8. The van der Waals surface area contributed by atoms with Gasteiger partial charge in [-0.05, 0) is 74.1 Å². The van der Waals surface area contributed by atoms with Crippen molar-refractivity contribution in [2.75, 3.05) is 83.3 Å². The summed E-state index contributed by atoms with van der Waals surface area (Å²) in [6.45, 7) is 6.88. The van der Waals surface area contributed by atoms with Crippen LogP contribution in [0.3, 0.4) is 0 Å². The molecule has 0 bridgehead atoms. The van der Waals surface area contributed by atoms with Crippen LogP contribution in [0.1, 0.15) is 65.3 Å². The van der Waals surface area contributed by atoms with Gasteiger partial charge in [-0.3, -0.25) is 44.0 Å². The maximum absolute atomic E-state index is 13.3. The number of hydrogen-bond donors (Lipinski definition) is 4. The Morgan fingerprint density at radius 2 is 1.49 bits per heavy atom. The van der Waals surface area contributed by atoms with Gasteiger partial charge in [-0.2, -0.15) is 0 Å². The van der Waals surface area contributed by atoms with Crippen LogP contribution in [-0.2, 0) is 23.9 Å². The fraction of sp³-hybridized carbons (Fsp3) is 0.408. The summed E-state index contributed by atoms with van der Waals surface area (Å²) < 4.78 is 19.9. The van der Waals surface area contributed by atoms with Crippen LogP contribution in [-0.4, -0.2) is 143 Å². The molecule has 18 heteroatoms. The second-order valence-corrected chi connectivity index (χ2v) is 17.3. The number of rotatable bonds is 18. The number of carbonyl (C=O) groups is 5. The first-order chi connectivity index (χ1) is 32.7. The number of nitrogens with two attached hydrogens (primary N) is 1. The number of para-hydroxylation sites is 1. The van der Waals surface area contributed by atoms with Crippen LogP contribution >= 0.6 is 0 Å². The van der Waals surface area contributed by atoms with E-state index in [1.165, 1.54) is 6.07 Å². The number of imide groups is 2. The van der Waals surface area contributed by atoms with E-state index in [1.807, 2.05) is 42.5 Å². The van der Waals surface area contributed by atoms with Crippen LogP contribution < -0.4 is 26.4 Å². The monoisotopic (exact) mass is 912 g/mol. The maximum atomic E-state index is 13.3. The molecular weight excluding hydrogens is 857 g/mol. The van der Waals surface area contributed by atoms with Crippen LogP contribution in [0.4, 0.5) is 11.5 Å². The van der Waals surface area contributed by atoms with E-state index in [2.05, 4.69) is 53.6 Å². The molecule has 67 heavy (non-hydrogen) atoms. The number of nitrogens with one attached hydrogen (secondary N) is 3. The highest BCUT2D eigenvalue weighted by atomic mass is 16.5. The van der Waals surface area contributed by atoms with Crippen molar-refractivity contribution in [1.82, 2.24) is 39.9 Å². The van der Waals surface area contributed by atoms with E-state index in [9.17, 15) is 24.0 Å². The summed E-state index contributed by atoms with van der Waals surface area (Å²) in [6.07, 6.45) is 8.26. The molecule has 0 radical (unpaired) electrons. The second-order valence-electron chi connectivity index (χ2n) is 17.3. The minimum absolute atomic E-state index is 0.0320. The number of nitrogen functional groups attached to an aromatic ring is 1. The number of benzene rings is 3. The number of piperazine rings is 1. The predicted octanol–water partition coefficient (Wildman–Crippen LogP) is 4.24. The summed E-state index contributed by atoms with van der Waals surface area (Å²) in [6, 6.07) is 22.4. The summed E-state index contributed by atoms with van der Waals surface area (Å²) in [5, 5.41) is 8.79. The Morgan fingerprint density at radius 3 is 2.25 bits per heavy atom. The molecule has 0 spiro atoms. The fourth-order valence-electron chi connectivity index (χ4n) is 9.66. The number of piperidine rings is 1. The van der Waals surface area contributed by atoms with Crippen molar-refractivity contribution in [3.63, 3.8) is 0 Å². The molecule has 5 aromatic rings. The highest BCUT2D eigenvalue weighted by Gasteiger charge is 2.45. The Kier molecular flexibility index (Phi) is 14.1. The molecule has 5 N–H and O–H groups in total. The van der Waals surface area contributed by atoms with Crippen LogP contribution in [0.15, 0.2) is 85.3 Å². The average Bonchev–Trinajstić information content (AvgIpc) is 3.86. The van der Waals surface area contributed by atoms with Gasteiger partial charge in [-0.25, -0.2) is 9.97 Å². The van der Waals surface area contributed by atoms with E-state index in [0.717, 1.165) is 97.0 Å². The third-order valence-corrected chi connectivity index (χ3v) is 13.2. The van der Waals surface area contributed by atoms with Crippen LogP contribution in [0, 0.1) is 0 Å². The summed E-state index contributed by atoms with van der Waals surface area (Å²) in [4.78, 5) is 78.0. The molecule has 2 aromatic heterocycles. The van der Waals surface area contributed by atoms with Gasteiger partial charge in [0.05, 0.1) is 49.5 Å². The van der Waals surface area contributed by atoms with Crippen molar-refractivity contribution in [2.24, 2.45) is 0 Å². The average molecular weight is 913 g/mol. The van der Waals surface area contributed by atoms with Crippen molar-refractivity contribution < 1.29 is 38.2 Å². The first-order valence-electron chi connectivity index (χ1n) is 23.1. The Bertz CT molecular complexity index is 2590. The number of anilines is 2. The van der Waals surface area contributed by atoms with Gasteiger partial charge in [0.2, 0.25) is 17.7 Å². The molecule has 9 rings (SSSR count). The van der Waals surface area contributed by atoms with Gasteiger partial charge in [-0.15, -0.1) is 0 Å². The van der Waals surface area contributed by atoms with Crippen LogP contribution in [0.25, 0.3) is 22.2 Å². The minimum Gasteiger partial charge on any atom is -0.457 e. The fourth-order valence-corrected chi connectivity index (χ4v) is 9.66. The molecule has 5 heterocycles. The SMILES string of the molecule is Nc1ncnc2c1c(-c1ccc(Oc3ccccc3)cc1)cn2C1CCC(N2CCN(CCOCCOCCNC(=O)CNc3cccc4c3C(=O)N(C3CCC(=O)NC3=O)C4=O)CC2)CC1. The number of ether oxygens (including phenoxy) is 3. The molecule has 3 fully saturated rings. The largest absolute Gasteiger partial charge is 0.457 e. The first-order valence-corrected chi connectivity index (χ1v) is 23.1. The number of amides is 5. The zero-order chi connectivity index (χ0) is 46.3. The Morgan fingerprint density at radius 1 is 0.761 bits per heavy atom. The Balaban J connectivity index is 0.639. The standard InChI is InChI=1S/C49H56N10O8/c50-45-44-38(32-9-15-36(16-10-32)67-35-5-2-1-3-6-35)30-58(46(44)54-31-53-45)34-13-11-33(12-14-34)57-22-20-56(21-23-57)24-26-66-28-27-65-25-19-51-42(61)29-52-39-8-4-7-37-43(39)49(64)59(48(37)63)40-17-18-41(60)55-47(40)62/h1-10,15-16,30-31,33-34,40,52H,11-14,17-29H2,(H,51,61)(H2,50,53,54)(H,55,60,62). The molecule has 1 unspecified atom stereocenters. The Labute approximate surface area is 388 Å². The topological polar surface area (TPSA) is 216 Å². The predicted molar refractivity (Wildman–Crippen MR) is 249 cm³/mol. The first kappa shape index (κ1) is 45.4. The van der Waals surface area contributed by atoms with Crippen molar-refractivity contribution in [1.29, 1.82) is 0 Å². The molecule has 18 nitrogen and oxygen atoms in total. The van der Waals surface area contributed by atoms with E-state index in [1.54, 1.807) is 18.5 Å². The molecule has 1 aliphatic carbocycles. The van der Waals surface area contributed by atoms with Crippen molar-refractivity contribution in [3.8, 4) is 22.6 Å². The summed E-state index contributed by atoms with van der Waals surface area (Å²) in [5.41, 5.74) is 9.98. The number of aromatic nitrogens is 3. The lowest BCUT2D eigenvalue weighted by atomic mass is 9.89. The van der Waals surface area contributed by atoms with Crippen molar-refractivity contribution in [2.45, 2.75) is 56.7 Å². The highest BCUT2D eigenvalue weighted by molar-refractivity contribution is 6.25. The quantitative estimate of drug-likeness (QED) is 0.0716. The minimum atomic E-state index is -1.07. The zero-order valence-electron chi connectivity index (χ0n) is 37.4. The third kappa shape index (κ3) is 10.3. The third-order valence-electron chi connectivity index (χ3n) is 13.2. The summed E-state index contributed by atoms with van der Waals surface area (Å²) in [5.74, 6) is -0.643. The normalized spacial score (nSPS) is 20.2. The molecule has 4 aliphatic rings. The lowest BCUT2D eigenvalue weighted by molar-refractivity contribution is -0.136. The molecule has 1 atom stereocenters. The van der Waals surface area contributed by atoms with E-state index >= 15 is 0 Å². The molecule has 3 aromatic carbocycles. The number of fused-ring (bicyclic) bond motifs is 2. The summed E-state index contributed by atoms with van der Waals surface area (Å²) >= 11 is 0. The van der Waals surface area contributed by atoms with Crippen LogP contribution in [0.2, 0.25) is 0 Å². The van der Waals surface area contributed by atoms with E-state index in [4.69, 9.17) is 24.9 Å². The van der Waals surface area contributed by atoms with Crippen molar-refractivity contribution >= 4 is 52.1 Å². The maximum Gasteiger partial charge on any atom is 0.264 e. The molecule has 350 valence electrons. The van der Waals surface area contributed by atoms with Gasteiger partial charge in [0.15, 0.2) is 0 Å². The zero-order valence-corrected chi connectivity index (χ0v) is 37.4. The lowest BCUT2D eigenvalue weighted by Crippen LogP contribution is -2.54. The van der Waals surface area contributed by atoms with Crippen LogP contribution in [0.5, 0.6) is 11.5 Å². The number of carbonyl (C=O) groups excluding carboxylic acids is 5. The van der Waals surface area contributed by atoms with E-state index < -0.39 is 29.7 Å². The van der Waals surface area contributed by atoms with Gasteiger partial charge >= 0.3 is 0 Å². The van der Waals surface area contributed by atoms with Gasteiger partial charge in [-0.1, -0.05) is 36.4 Å². The van der Waals surface area contributed by atoms with E-state index in [-0.39, 0.29) is 43.0 Å². The molecule has 1 saturated carbocycles. The number of nitrogens with zero attached hydrogens (tertiary/aromatic N) is 6. The summed E-state index contributed by atoms with van der Waals surface area (Å²) in [7, 11) is 0. The lowest BCUT2D eigenvalue weighted by Gasteiger charge is -2.42. The highest BCUT2D eigenvalue weighted by Crippen LogP contribution is 2.40. The Hall–Kier alpha value is -6.73. The second kappa shape index (κ2) is 20.8. The van der Waals surface area contributed by atoms with Gasteiger partial charge in [0, 0.05) is 75.2 Å². The smallest absolute Gasteiger partial charge is 0.264 e. The van der Waals surface area contributed by atoms with Gasteiger partial charge in [0.25, 0.3) is 11.8 Å². The van der Waals surface area contributed by atoms with E-state index in [0.29, 0.717) is 50.0 Å². The van der Waals surface area contributed by atoms with Crippen molar-refractivity contribution in [3.05, 3.63) is 96.4 Å². The molecule has 5 amide bonds. The van der Waals surface area contributed by atoms with Gasteiger partial charge in [0.1, 0.15) is 35.3 Å². The molecule has 3 aliphatic heterocycles. The molecule has 2 saturated heterocycles.